The van der Waals surface area contributed by atoms with Gasteiger partial charge < -0.3 is 18.9 Å². The maximum Gasteiger partial charge on any atom is 0.332 e. The van der Waals surface area contributed by atoms with Crippen LogP contribution >= 0.6 is 0 Å². The van der Waals surface area contributed by atoms with E-state index in [2.05, 4.69) is 0 Å². The molecule has 0 radical (unpaired) electrons. The molecule has 2 amide bonds. The van der Waals surface area contributed by atoms with E-state index in [4.69, 9.17) is 18.9 Å². The molecule has 1 aliphatic rings. The number of esters is 1. The standard InChI is InChI=1S/C14H21NO7/c1-2-19-11-14(18)22-10-9-21-8-7-20-6-5-15-12(16)3-4-13(15)17/h3-4H,2,5-11H2,1H3. The summed E-state index contributed by atoms with van der Waals surface area (Å²) in [7, 11) is 0. The van der Waals surface area contributed by atoms with Gasteiger partial charge >= 0.3 is 5.97 Å². The number of hydrogen-bond acceptors (Lipinski definition) is 7. The molecule has 0 aromatic carbocycles. The molecule has 8 heteroatoms. The number of carbonyl (C=O) groups excluding carboxylic acids is 3. The van der Waals surface area contributed by atoms with Crippen LogP contribution in [0.4, 0.5) is 0 Å². The number of imide groups is 1. The van der Waals surface area contributed by atoms with Crippen LogP contribution in [0.15, 0.2) is 12.2 Å². The molecule has 0 aromatic rings. The third-order valence-electron chi connectivity index (χ3n) is 2.65. The predicted molar refractivity (Wildman–Crippen MR) is 75.0 cm³/mol. The minimum atomic E-state index is -0.421. The summed E-state index contributed by atoms with van der Waals surface area (Å²) in [5.41, 5.74) is 0. The first-order valence-electron chi connectivity index (χ1n) is 7.07. The summed E-state index contributed by atoms with van der Waals surface area (Å²) in [6.45, 7) is 3.78. The van der Waals surface area contributed by atoms with Crippen LogP contribution in [0, 0.1) is 0 Å². The fourth-order valence-corrected chi connectivity index (χ4v) is 1.57. The minimum absolute atomic E-state index is 0.0532. The number of amides is 2. The summed E-state index contributed by atoms with van der Waals surface area (Å²) in [5, 5.41) is 0. The van der Waals surface area contributed by atoms with Crippen LogP contribution in [0.5, 0.6) is 0 Å². The van der Waals surface area contributed by atoms with E-state index in [-0.39, 0.29) is 44.8 Å². The van der Waals surface area contributed by atoms with Gasteiger partial charge in [-0.1, -0.05) is 0 Å². The van der Waals surface area contributed by atoms with Crippen LogP contribution in [0.2, 0.25) is 0 Å². The van der Waals surface area contributed by atoms with Crippen LogP contribution in [0.25, 0.3) is 0 Å². The van der Waals surface area contributed by atoms with Gasteiger partial charge in [-0.3, -0.25) is 14.5 Å². The van der Waals surface area contributed by atoms with Crippen LogP contribution in [0.1, 0.15) is 6.92 Å². The first kappa shape index (κ1) is 18.3. The molecule has 0 spiro atoms. The summed E-state index contributed by atoms with van der Waals surface area (Å²) in [5.74, 6) is -1.06. The Hall–Kier alpha value is -1.77. The summed E-state index contributed by atoms with van der Waals surface area (Å²) in [6, 6.07) is 0. The van der Waals surface area contributed by atoms with Crippen LogP contribution in [0.3, 0.4) is 0 Å². The van der Waals surface area contributed by atoms with Gasteiger partial charge in [-0.25, -0.2) is 4.79 Å². The second-order valence-electron chi connectivity index (χ2n) is 4.24. The molecular formula is C14H21NO7. The fourth-order valence-electron chi connectivity index (χ4n) is 1.57. The van der Waals surface area contributed by atoms with E-state index in [0.717, 1.165) is 4.90 Å². The summed E-state index contributed by atoms with van der Waals surface area (Å²) in [6.07, 6.45) is 2.47. The van der Waals surface area contributed by atoms with Crippen LogP contribution < -0.4 is 0 Å². The normalized spacial score (nSPS) is 14.0. The van der Waals surface area contributed by atoms with Crippen molar-refractivity contribution in [2.75, 3.05) is 52.8 Å². The first-order chi connectivity index (χ1) is 10.6. The van der Waals surface area contributed by atoms with E-state index in [1.54, 1.807) is 6.92 Å². The molecule has 1 rings (SSSR count). The molecule has 124 valence electrons. The SMILES string of the molecule is CCOCC(=O)OCCOCCOCCN1C(=O)C=CC1=O. The van der Waals surface area contributed by atoms with E-state index in [9.17, 15) is 14.4 Å². The second kappa shape index (κ2) is 10.9. The zero-order chi connectivity index (χ0) is 16.2. The minimum Gasteiger partial charge on any atom is -0.462 e. The van der Waals surface area contributed by atoms with E-state index >= 15 is 0 Å². The molecule has 1 heterocycles. The van der Waals surface area contributed by atoms with Crippen molar-refractivity contribution in [1.29, 1.82) is 0 Å². The largest absolute Gasteiger partial charge is 0.462 e. The highest BCUT2D eigenvalue weighted by Crippen LogP contribution is 2.02. The summed E-state index contributed by atoms with van der Waals surface area (Å²) in [4.78, 5) is 34.6. The number of carbonyl (C=O) groups is 3. The van der Waals surface area contributed by atoms with Crippen molar-refractivity contribution in [3.8, 4) is 0 Å². The van der Waals surface area contributed by atoms with Gasteiger partial charge in [0.05, 0.1) is 33.0 Å². The van der Waals surface area contributed by atoms with Gasteiger partial charge in [-0.2, -0.15) is 0 Å². The van der Waals surface area contributed by atoms with E-state index in [0.29, 0.717) is 19.8 Å². The number of rotatable bonds is 12. The zero-order valence-corrected chi connectivity index (χ0v) is 12.6. The van der Waals surface area contributed by atoms with Crippen molar-refractivity contribution < 1.29 is 33.3 Å². The highest BCUT2D eigenvalue weighted by molar-refractivity contribution is 6.12. The van der Waals surface area contributed by atoms with Crippen molar-refractivity contribution in [2.24, 2.45) is 0 Å². The molecule has 0 unspecified atom stereocenters. The lowest BCUT2D eigenvalue weighted by molar-refractivity contribution is -0.150. The maximum absolute atomic E-state index is 11.2. The predicted octanol–water partition coefficient (Wildman–Crippen LogP) is -0.476. The average Bonchev–Trinajstić information content (AvgIpc) is 2.82. The van der Waals surface area contributed by atoms with Crippen LogP contribution in [-0.2, 0) is 33.3 Å². The van der Waals surface area contributed by atoms with Gasteiger partial charge in [0.15, 0.2) is 0 Å². The van der Waals surface area contributed by atoms with Gasteiger partial charge in [-0.15, -0.1) is 0 Å². The lowest BCUT2D eigenvalue weighted by Crippen LogP contribution is -2.33. The fraction of sp³-hybridized carbons (Fsp3) is 0.643. The topological polar surface area (TPSA) is 91.4 Å². The summed E-state index contributed by atoms with van der Waals surface area (Å²) < 4.78 is 20.2. The molecule has 0 fully saturated rings. The Kier molecular flexibility index (Phi) is 9.04. The molecule has 8 nitrogen and oxygen atoms in total. The molecular weight excluding hydrogens is 294 g/mol. The smallest absolute Gasteiger partial charge is 0.332 e. The molecule has 1 aliphatic heterocycles. The molecule has 0 aromatic heterocycles. The van der Waals surface area contributed by atoms with Crippen molar-refractivity contribution in [3.05, 3.63) is 12.2 Å². The van der Waals surface area contributed by atoms with Gasteiger partial charge in [-0.05, 0) is 6.92 Å². The molecule has 0 saturated heterocycles. The van der Waals surface area contributed by atoms with Gasteiger partial charge in [0.1, 0.15) is 13.2 Å². The molecule has 0 atom stereocenters. The van der Waals surface area contributed by atoms with Crippen LogP contribution in [-0.4, -0.2) is 75.5 Å². The molecule has 0 saturated carbocycles. The third-order valence-corrected chi connectivity index (χ3v) is 2.65. The Bertz CT molecular complexity index is 390. The molecule has 0 aliphatic carbocycles. The highest BCUT2D eigenvalue weighted by Gasteiger charge is 2.22. The Morgan fingerprint density at radius 2 is 1.55 bits per heavy atom. The lowest BCUT2D eigenvalue weighted by atomic mass is 10.5. The second-order valence-corrected chi connectivity index (χ2v) is 4.24. The number of ether oxygens (including phenoxy) is 4. The van der Waals surface area contributed by atoms with Crippen molar-refractivity contribution in [1.82, 2.24) is 4.90 Å². The average molecular weight is 315 g/mol. The van der Waals surface area contributed by atoms with E-state index in [1.165, 1.54) is 12.2 Å². The Labute approximate surface area is 128 Å². The van der Waals surface area contributed by atoms with E-state index in [1.807, 2.05) is 0 Å². The van der Waals surface area contributed by atoms with Crippen molar-refractivity contribution in [3.63, 3.8) is 0 Å². The Balaban J connectivity index is 1.87. The summed E-state index contributed by atoms with van der Waals surface area (Å²) >= 11 is 0. The van der Waals surface area contributed by atoms with E-state index < -0.39 is 5.97 Å². The van der Waals surface area contributed by atoms with Crippen molar-refractivity contribution >= 4 is 17.8 Å². The Morgan fingerprint density at radius 1 is 0.955 bits per heavy atom. The monoisotopic (exact) mass is 315 g/mol. The maximum atomic E-state index is 11.2. The first-order valence-corrected chi connectivity index (χ1v) is 7.07. The highest BCUT2D eigenvalue weighted by atomic mass is 16.6. The van der Waals surface area contributed by atoms with Gasteiger partial charge in [0, 0.05) is 18.8 Å². The van der Waals surface area contributed by atoms with Gasteiger partial charge in [0.2, 0.25) is 0 Å². The number of nitrogens with zero attached hydrogens (tertiary/aromatic N) is 1. The number of hydrogen-bond donors (Lipinski definition) is 0. The zero-order valence-electron chi connectivity index (χ0n) is 12.6. The molecule has 0 N–H and O–H groups in total. The third kappa shape index (κ3) is 7.30. The molecule has 0 bridgehead atoms. The van der Waals surface area contributed by atoms with Crippen molar-refractivity contribution in [2.45, 2.75) is 6.92 Å². The molecule has 22 heavy (non-hydrogen) atoms. The lowest BCUT2D eigenvalue weighted by Gasteiger charge is -2.13. The quantitative estimate of drug-likeness (QED) is 0.273. The van der Waals surface area contributed by atoms with Gasteiger partial charge in [0.25, 0.3) is 11.8 Å². The Morgan fingerprint density at radius 3 is 2.18 bits per heavy atom.